The minimum atomic E-state index is -3.26. The SMILES string of the molecule is CS(=O)(=O)N1CCN(CCC(=O)C[C@@H](C(=O)N2CCC[C@H]2c2ncc(-c3ccc(-c4ccc(-c5cnc([C@@H]6CCCN6C(=O)[C@H](NC(=O)CCN6CCN(S(C)(=O)=O)CC6)c6ccccc6)s5)cc4)cc3)s2)c2ccccc2)CC1. The molecule has 80 heavy (non-hydrogen) atoms. The van der Waals surface area contributed by atoms with Gasteiger partial charge in [-0.2, -0.15) is 8.61 Å². The average Bonchev–Trinajstić information content (AvgIpc) is 4.34. The van der Waals surface area contributed by atoms with Gasteiger partial charge in [0, 0.05) is 110 Å². The molecule has 4 aliphatic heterocycles. The van der Waals surface area contributed by atoms with E-state index in [-0.39, 0.29) is 48.4 Å². The molecule has 0 radical (unpaired) electrons. The third kappa shape index (κ3) is 13.8. The number of aromatic nitrogens is 2. The van der Waals surface area contributed by atoms with Crippen LogP contribution in [0, 0.1) is 0 Å². The Bertz CT molecular complexity index is 3120. The van der Waals surface area contributed by atoms with Gasteiger partial charge < -0.3 is 24.9 Å². The van der Waals surface area contributed by atoms with E-state index in [0.717, 1.165) is 73.3 Å². The summed E-state index contributed by atoms with van der Waals surface area (Å²) in [7, 11) is -6.50. The number of hydrogen-bond donors (Lipinski definition) is 1. The normalized spacial score (nSPS) is 19.7. The third-order valence-corrected chi connectivity index (χ3v) is 20.8. The fourth-order valence-corrected chi connectivity index (χ4v) is 15.2. The molecular formula is C59H69N9O8S4. The van der Waals surface area contributed by atoms with Crippen molar-refractivity contribution in [2.45, 2.75) is 69.0 Å². The molecule has 21 heteroatoms. The Morgan fingerprint density at radius 3 is 1.43 bits per heavy atom. The Labute approximate surface area is 477 Å². The Morgan fingerprint density at radius 1 is 0.537 bits per heavy atom. The smallest absolute Gasteiger partial charge is 0.250 e. The van der Waals surface area contributed by atoms with Crippen LogP contribution in [0.3, 0.4) is 0 Å². The summed E-state index contributed by atoms with van der Waals surface area (Å²) in [6.45, 7) is 5.97. The van der Waals surface area contributed by atoms with E-state index in [1.54, 1.807) is 22.7 Å². The number of nitrogens with one attached hydrogen (secondary N) is 1. The van der Waals surface area contributed by atoms with Gasteiger partial charge in [0.05, 0.1) is 40.3 Å². The lowest BCUT2D eigenvalue weighted by Crippen LogP contribution is -2.49. The molecule has 422 valence electrons. The zero-order valence-corrected chi connectivity index (χ0v) is 48.5. The molecule has 1 N–H and O–H groups in total. The number of thiazole rings is 2. The molecule has 0 spiro atoms. The van der Waals surface area contributed by atoms with Gasteiger partial charge in [-0.25, -0.2) is 26.8 Å². The van der Waals surface area contributed by atoms with Crippen molar-refractivity contribution in [1.29, 1.82) is 0 Å². The van der Waals surface area contributed by atoms with Crippen LogP contribution in [0.25, 0.3) is 32.0 Å². The number of likely N-dealkylation sites (tertiary alicyclic amines) is 2. The largest absolute Gasteiger partial charge is 0.340 e. The molecule has 0 aliphatic carbocycles. The van der Waals surface area contributed by atoms with Gasteiger partial charge in [-0.3, -0.25) is 19.2 Å². The summed E-state index contributed by atoms with van der Waals surface area (Å²) in [6, 6.07) is 34.5. The van der Waals surface area contributed by atoms with Crippen molar-refractivity contribution in [3.63, 3.8) is 0 Å². The lowest BCUT2D eigenvalue weighted by atomic mass is 9.91. The first-order valence-corrected chi connectivity index (χ1v) is 32.9. The highest BCUT2D eigenvalue weighted by molar-refractivity contribution is 7.88. The van der Waals surface area contributed by atoms with Gasteiger partial charge in [-0.1, -0.05) is 109 Å². The number of nitrogens with zero attached hydrogens (tertiary/aromatic N) is 8. The van der Waals surface area contributed by atoms with E-state index in [1.165, 1.54) is 21.1 Å². The summed E-state index contributed by atoms with van der Waals surface area (Å²) in [5.74, 6) is -1.07. The highest BCUT2D eigenvalue weighted by atomic mass is 32.2. The fourth-order valence-electron chi connectivity index (χ4n) is 11.4. The minimum absolute atomic E-state index is 0.0102. The van der Waals surface area contributed by atoms with Gasteiger partial charge >= 0.3 is 0 Å². The Balaban J connectivity index is 0.747. The van der Waals surface area contributed by atoms with E-state index in [0.29, 0.717) is 90.5 Å². The number of ketones is 1. The van der Waals surface area contributed by atoms with Crippen LogP contribution in [0.5, 0.6) is 0 Å². The van der Waals surface area contributed by atoms with Crippen LogP contribution >= 0.6 is 22.7 Å². The molecule has 3 amide bonds. The molecule has 4 aliphatic rings. The second-order valence-corrected chi connectivity index (χ2v) is 27.4. The topological polar surface area (TPSA) is 194 Å². The van der Waals surface area contributed by atoms with Crippen LogP contribution in [0.4, 0.5) is 0 Å². The summed E-state index contributed by atoms with van der Waals surface area (Å²) >= 11 is 3.18. The van der Waals surface area contributed by atoms with E-state index in [2.05, 4.69) is 63.6 Å². The molecule has 6 heterocycles. The summed E-state index contributed by atoms with van der Waals surface area (Å²) < 4.78 is 50.8. The zero-order chi connectivity index (χ0) is 56.0. The highest BCUT2D eigenvalue weighted by Gasteiger charge is 2.39. The van der Waals surface area contributed by atoms with Crippen molar-refractivity contribution >= 4 is 66.2 Å². The Kier molecular flexibility index (Phi) is 18.2. The molecule has 4 fully saturated rings. The van der Waals surface area contributed by atoms with Gasteiger partial charge in [-0.15, -0.1) is 22.7 Å². The van der Waals surface area contributed by atoms with Gasteiger partial charge in [0.1, 0.15) is 21.8 Å². The average molecular weight is 1160 g/mol. The maximum absolute atomic E-state index is 14.5. The molecular weight excluding hydrogens is 1090 g/mol. The van der Waals surface area contributed by atoms with E-state index >= 15 is 0 Å². The number of benzene rings is 4. The van der Waals surface area contributed by atoms with Crippen LogP contribution in [0.1, 0.15) is 90.1 Å². The number of piperazine rings is 2. The molecule has 0 saturated carbocycles. The van der Waals surface area contributed by atoms with Gasteiger partial charge in [0.15, 0.2) is 0 Å². The molecule has 4 saturated heterocycles. The second kappa shape index (κ2) is 25.4. The highest BCUT2D eigenvalue weighted by Crippen LogP contribution is 2.42. The van der Waals surface area contributed by atoms with Crippen LogP contribution < -0.4 is 5.32 Å². The van der Waals surface area contributed by atoms with Crippen molar-refractivity contribution in [2.75, 3.05) is 91.0 Å². The van der Waals surface area contributed by atoms with Crippen molar-refractivity contribution in [2.24, 2.45) is 0 Å². The van der Waals surface area contributed by atoms with E-state index in [4.69, 9.17) is 9.97 Å². The van der Waals surface area contributed by atoms with E-state index in [9.17, 15) is 36.0 Å². The first-order valence-electron chi connectivity index (χ1n) is 27.6. The van der Waals surface area contributed by atoms with Crippen molar-refractivity contribution in [1.82, 2.24) is 43.5 Å². The molecule has 2 aromatic heterocycles. The van der Waals surface area contributed by atoms with Gasteiger partial charge in [0.2, 0.25) is 37.8 Å². The molecule has 6 aromatic rings. The van der Waals surface area contributed by atoms with Crippen LogP contribution in [-0.4, -0.2) is 170 Å². The number of rotatable bonds is 20. The lowest BCUT2D eigenvalue weighted by molar-refractivity contribution is -0.137. The minimum Gasteiger partial charge on any atom is -0.340 e. The lowest BCUT2D eigenvalue weighted by Gasteiger charge is -2.33. The number of Topliss-reactive ketones (excluding diaryl/α,β-unsaturated/α-hetero) is 1. The fraction of sp³-hybridized carbons (Fsp3) is 0.424. The van der Waals surface area contributed by atoms with Crippen LogP contribution in [0.2, 0.25) is 0 Å². The monoisotopic (exact) mass is 1160 g/mol. The first kappa shape index (κ1) is 57.2. The van der Waals surface area contributed by atoms with Crippen LogP contribution in [-0.2, 0) is 39.2 Å². The summed E-state index contributed by atoms with van der Waals surface area (Å²) in [5, 5.41) is 4.78. The van der Waals surface area contributed by atoms with Gasteiger partial charge in [-0.05, 0) is 59.1 Å². The standard InChI is InChI=1S/C59H69N9O8S4/c1-79(73,74)65-35-31-63(32-36-65)29-25-48(69)39-49(44-11-5-3-6-12-44)58(71)67-27-9-15-50(67)56-60-40-52(77-56)45-21-17-42(18-22-45)43-19-23-46(24-20-43)53-41-61-57(78-53)51-16-10-28-68(51)59(72)55(47-13-7-4-8-14-47)62-54(70)26-30-64-33-37-66(38-34-64)80(2,75)76/h3-8,11-14,17-24,40-41,49-51,55H,9-10,15-16,25-39H2,1-2H3,(H,62,70)/t49-,50+,51+,55-/m1/s1. The zero-order valence-electron chi connectivity index (χ0n) is 45.3. The molecule has 4 atom stereocenters. The first-order chi connectivity index (χ1) is 38.6. The molecule has 10 rings (SSSR count). The predicted molar refractivity (Wildman–Crippen MR) is 313 cm³/mol. The van der Waals surface area contributed by atoms with E-state index < -0.39 is 32.0 Å². The number of carbonyl (C=O) groups is 4. The molecule has 4 aromatic carbocycles. The van der Waals surface area contributed by atoms with Crippen molar-refractivity contribution < 1.29 is 36.0 Å². The number of amides is 3. The number of sulfonamides is 2. The molecule has 17 nitrogen and oxygen atoms in total. The Morgan fingerprint density at radius 2 is 0.963 bits per heavy atom. The summed E-state index contributed by atoms with van der Waals surface area (Å²) in [5.41, 5.74) is 5.71. The maximum atomic E-state index is 14.5. The van der Waals surface area contributed by atoms with Gasteiger partial charge in [0.25, 0.3) is 0 Å². The van der Waals surface area contributed by atoms with E-state index in [1.807, 2.05) is 82.9 Å². The quantitative estimate of drug-likeness (QED) is 0.0795. The van der Waals surface area contributed by atoms with Crippen molar-refractivity contribution in [3.05, 3.63) is 143 Å². The third-order valence-electron chi connectivity index (χ3n) is 15.9. The number of hydrogen-bond acceptors (Lipinski definition) is 14. The number of carbonyl (C=O) groups excluding carboxylic acids is 4. The second-order valence-electron chi connectivity index (χ2n) is 21.3. The summed E-state index contributed by atoms with van der Waals surface area (Å²) in [4.78, 5) is 75.8. The van der Waals surface area contributed by atoms with Crippen molar-refractivity contribution in [3.8, 4) is 32.0 Å². The summed E-state index contributed by atoms with van der Waals surface area (Å²) in [6.07, 6.45) is 10.0. The maximum Gasteiger partial charge on any atom is 0.250 e. The molecule has 0 bridgehead atoms. The predicted octanol–water partition coefficient (Wildman–Crippen LogP) is 7.46. The Hall–Kier alpha value is -6.04. The molecule has 0 unspecified atom stereocenters. The van der Waals surface area contributed by atoms with Crippen LogP contribution in [0.15, 0.2) is 122 Å².